The maximum Gasteiger partial charge on any atom is 0.356 e. The van der Waals surface area contributed by atoms with Gasteiger partial charge in [-0.15, -0.1) is 5.10 Å². The first-order valence-corrected chi connectivity index (χ1v) is 17.0. The van der Waals surface area contributed by atoms with Crippen LogP contribution in [-0.2, 0) is 11.3 Å². The van der Waals surface area contributed by atoms with Crippen LogP contribution in [0.25, 0.3) is 16.7 Å². The topological polar surface area (TPSA) is 132 Å². The van der Waals surface area contributed by atoms with Crippen LogP contribution >= 0.6 is 0 Å². The molecule has 260 valence electrons. The number of piperazine rings is 1. The van der Waals surface area contributed by atoms with Crippen LogP contribution in [0.15, 0.2) is 108 Å². The normalized spacial score (nSPS) is 14.2. The molecule has 1 N–H and O–H groups in total. The summed E-state index contributed by atoms with van der Waals surface area (Å²) in [6.07, 6.45) is 1.55. The Morgan fingerprint density at radius 1 is 0.863 bits per heavy atom. The van der Waals surface area contributed by atoms with Gasteiger partial charge in [-0.25, -0.2) is 18.8 Å². The molecule has 1 aliphatic rings. The van der Waals surface area contributed by atoms with Crippen LogP contribution < -0.4 is 20.7 Å². The molecule has 0 radical (unpaired) electrons. The third kappa shape index (κ3) is 7.15. The first-order chi connectivity index (χ1) is 24.7. The van der Waals surface area contributed by atoms with Crippen LogP contribution in [0.3, 0.4) is 0 Å². The number of nitrogens with zero attached hydrogens (tertiary/aromatic N) is 8. The van der Waals surface area contributed by atoms with E-state index in [0.29, 0.717) is 49.3 Å². The molecule has 13 heteroatoms. The smallest absolute Gasteiger partial charge is 0.356 e. The van der Waals surface area contributed by atoms with Crippen molar-refractivity contribution in [1.82, 2.24) is 39.7 Å². The first kappa shape index (κ1) is 33.4. The van der Waals surface area contributed by atoms with Crippen molar-refractivity contribution in [2.45, 2.75) is 39.4 Å². The van der Waals surface area contributed by atoms with E-state index in [1.807, 2.05) is 99.6 Å². The quantitative estimate of drug-likeness (QED) is 0.212. The molecule has 13 nitrogen and oxygen atoms in total. The Labute approximate surface area is 294 Å². The van der Waals surface area contributed by atoms with Crippen LogP contribution in [0, 0.1) is 6.92 Å². The Hall–Kier alpha value is -6.08. The van der Waals surface area contributed by atoms with Crippen LogP contribution in [0.5, 0.6) is 0 Å². The van der Waals surface area contributed by atoms with Crippen molar-refractivity contribution in [3.05, 3.63) is 136 Å². The maximum atomic E-state index is 14.0. The van der Waals surface area contributed by atoms with Gasteiger partial charge in [0.05, 0.1) is 11.7 Å². The number of carbonyl (C=O) groups is 2. The number of hydrogen-bond donors (Lipinski definition) is 1. The second-order valence-corrected chi connectivity index (χ2v) is 12.9. The Kier molecular flexibility index (Phi) is 9.45. The van der Waals surface area contributed by atoms with E-state index in [4.69, 9.17) is 4.84 Å². The molecule has 1 atom stereocenters. The summed E-state index contributed by atoms with van der Waals surface area (Å²) in [4.78, 5) is 51.1. The van der Waals surface area contributed by atoms with Crippen LogP contribution in [0.1, 0.15) is 53.0 Å². The average Bonchev–Trinajstić information content (AvgIpc) is 3.74. The highest BCUT2D eigenvalue weighted by atomic mass is 16.7. The summed E-state index contributed by atoms with van der Waals surface area (Å²) >= 11 is 0. The van der Waals surface area contributed by atoms with E-state index in [1.165, 1.54) is 4.68 Å². The minimum absolute atomic E-state index is 0.0251. The van der Waals surface area contributed by atoms with E-state index in [0.717, 1.165) is 32.9 Å². The summed E-state index contributed by atoms with van der Waals surface area (Å²) in [5.74, 6) is -0.769. The molecule has 0 bridgehead atoms. The van der Waals surface area contributed by atoms with E-state index in [-0.39, 0.29) is 17.6 Å². The molecule has 1 unspecified atom stereocenters. The van der Waals surface area contributed by atoms with Gasteiger partial charge in [0.2, 0.25) is 0 Å². The SMILES string of the molecule is Cc1ccc(CNC(=O)c2ccc3nnn(OC(=O)C(c4ccccc4)N4CCN(c5ccc(-n6cnn(C(C)C)c6=O)cc5)CC4)c3c2)cc1. The Bertz CT molecular complexity index is 2200. The van der Waals surface area contributed by atoms with Crippen molar-refractivity contribution >= 4 is 28.6 Å². The third-order valence-electron chi connectivity index (χ3n) is 9.12. The zero-order chi connectivity index (χ0) is 35.5. The number of carbonyl (C=O) groups excluding carboxylic acids is 2. The maximum absolute atomic E-state index is 14.0. The van der Waals surface area contributed by atoms with Gasteiger partial charge in [0.1, 0.15) is 23.4 Å². The average molecular weight is 686 g/mol. The predicted octanol–water partition coefficient (Wildman–Crippen LogP) is 4.12. The Morgan fingerprint density at radius 3 is 2.25 bits per heavy atom. The summed E-state index contributed by atoms with van der Waals surface area (Å²) in [5, 5.41) is 15.4. The van der Waals surface area contributed by atoms with Gasteiger partial charge in [0.15, 0.2) is 0 Å². The number of rotatable bonds is 10. The molecule has 1 aliphatic heterocycles. The van der Waals surface area contributed by atoms with E-state index < -0.39 is 12.0 Å². The predicted molar refractivity (Wildman–Crippen MR) is 193 cm³/mol. The highest BCUT2D eigenvalue weighted by Gasteiger charge is 2.33. The summed E-state index contributed by atoms with van der Waals surface area (Å²) in [7, 11) is 0. The monoisotopic (exact) mass is 685 g/mol. The highest BCUT2D eigenvalue weighted by molar-refractivity contribution is 5.97. The van der Waals surface area contributed by atoms with Gasteiger partial charge in [-0.2, -0.15) is 5.10 Å². The lowest BCUT2D eigenvalue weighted by molar-refractivity contribution is -0.152. The van der Waals surface area contributed by atoms with Gasteiger partial charge in [-0.3, -0.25) is 9.69 Å². The number of aryl methyl sites for hydroxylation is 1. The summed E-state index contributed by atoms with van der Waals surface area (Å²) in [6, 6.07) is 29.6. The highest BCUT2D eigenvalue weighted by Crippen LogP contribution is 2.26. The minimum atomic E-state index is -0.694. The number of benzene rings is 4. The third-order valence-corrected chi connectivity index (χ3v) is 9.12. The van der Waals surface area contributed by atoms with Crippen molar-refractivity contribution in [2.75, 3.05) is 31.1 Å². The van der Waals surface area contributed by atoms with Crippen molar-refractivity contribution in [3.63, 3.8) is 0 Å². The molecule has 2 aromatic heterocycles. The largest absolute Gasteiger partial charge is 0.369 e. The van der Waals surface area contributed by atoms with Gasteiger partial charge in [0, 0.05) is 44.0 Å². The molecule has 1 saturated heterocycles. The van der Waals surface area contributed by atoms with Crippen molar-refractivity contribution in [2.24, 2.45) is 0 Å². The molecule has 3 heterocycles. The van der Waals surface area contributed by atoms with E-state index in [1.54, 1.807) is 29.1 Å². The first-order valence-electron chi connectivity index (χ1n) is 17.0. The summed E-state index contributed by atoms with van der Waals surface area (Å²) in [5.41, 5.74) is 5.83. The van der Waals surface area contributed by atoms with Gasteiger partial charge in [-0.05, 0) is 79.6 Å². The number of amides is 1. The van der Waals surface area contributed by atoms with E-state index in [2.05, 4.69) is 30.5 Å². The standard InChI is InChI=1S/C38H39N9O4/c1-26(2)46-38(50)45(25-40-46)32-16-14-31(15-17-32)43-19-21-44(22-20-43)35(29-7-5-4-6-8-29)37(49)51-47-34-23-30(13-18-33(34)41-42-47)36(48)39-24-28-11-9-27(3)10-12-28/h4-18,23,25-26,35H,19-22,24H2,1-3H3,(H,39,48). The van der Waals surface area contributed by atoms with Gasteiger partial charge in [-0.1, -0.05) is 65.0 Å². The molecular weight excluding hydrogens is 646 g/mol. The lowest BCUT2D eigenvalue weighted by Crippen LogP contribution is -2.50. The molecule has 1 fully saturated rings. The van der Waals surface area contributed by atoms with Crippen molar-refractivity contribution in [1.29, 1.82) is 0 Å². The number of nitrogens with one attached hydrogen (secondary N) is 1. The summed E-state index contributed by atoms with van der Waals surface area (Å²) < 4.78 is 3.00. The van der Waals surface area contributed by atoms with Gasteiger partial charge >= 0.3 is 11.7 Å². The van der Waals surface area contributed by atoms with E-state index in [9.17, 15) is 14.4 Å². The van der Waals surface area contributed by atoms with Crippen molar-refractivity contribution < 1.29 is 14.4 Å². The lowest BCUT2D eigenvalue weighted by Gasteiger charge is -2.39. The molecule has 6 aromatic rings. The van der Waals surface area contributed by atoms with Gasteiger partial charge < -0.3 is 15.1 Å². The van der Waals surface area contributed by atoms with Gasteiger partial charge in [0.25, 0.3) is 5.91 Å². The fourth-order valence-electron chi connectivity index (χ4n) is 6.27. The zero-order valence-corrected chi connectivity index (χ0v) is 28.7. The second kappa shape index (κ2) is 14.4. The molecule has 0 aliphatic carbocycles. The minimum Gasteiger partial charge on any atom is -0.369 e. The zero-order valence-electron chi connectivity index (χ0n) is 28.7. The molecule has 0 spiro atoms. The molecular formula is C38H39N9O4. The Morgan fingerprint density at radius 2 is 1.57 bits per heavy atom. The number of anilines is 1. The molecule has 51 heavy (non-hydrogen) atoms. The van der Waals surface area contributed by atoms with Crippen molar-refractivity contribution in [3.8, 4) is 5.69 Å². The number of aromatic nitrogens is 6. The fraction of sp³-hybridized carbons (Fsp3) is 0.263. The second-order valence-electron chi connectivity index (χ2n) is 12.9. The molecule has 0 saturated carbocycles. The van der Waals surface area contributed by atoms with Crippen LogP contribution in [-0.4, -0.2) is 72.5 Å². The number of hydrogen-bond acceptors (Lipinski definition) is 9. The van der Waals surface area contributed by atoms with E-state index >= 15 is 0 Å². The van der Waals surface area contributed by atoms with Crippen LogP contribution in [0.4, 0.5) is 5.69 Å². The number of fused-ring (bicyclic) bond motifs is 1. The molecule has 1 amide bonds. The Balaban J connectivity index is 1.04. The summed E-state index contributed by atoms with van der Waals surface area (Å²) in [6.45, 7) is 8.79. The lowest BCUT2D eigenvalue weighted by atomic mass is 10.0. The molecule has 4 aromatic carbocycles. The fourth-order valence-corrected chi connectivity index (χ4v) is 6.27. The molecule has 7 rings (SSSR count). The van der Waals surface area contributed by atoms with Crippen LogP contribution in [0.2, 0.25) is 0 Å².